The topological polar surface area (TPSA) is 80.1 Å². The lowest BCUT2D eigenvalue weighted by molar-refractivity contribution is 0.284. The summed E-state index contributed by atoms with van der Waals surface area (Å²) in [4.78, 5) is 9.40. The molecule has 2 aliphatic rings. The van der Waals surface area contributed by atoms with E-state index in [1.54, 1.807) is 6.20 Å². The molecule has 5 rings (SSSR count). The lowest BCUT2D eigenvalue weighted by atomic mass is 9.98. The van der Waals surface area contributed by atoms with Crippen molar-refractivity contribution in [1.29, 1.82) is 0 Å². The SMILES string of the molecule is C=C/C(=C\C=C\Cl)S(=O)(=O)N1CCC(CNc2nccc(-c3cn4c5c(cccc35)CCC4)n2)CC1. The molecule has 1 fully saturated rings. The average molecular weight is 524 g/mol. The summed E-state index contributed by atoms with van der Waals surface area (Å²) in [6, 6.07) is 8.48. The van der Waals surface area contributed by atoms with Gasteiger partial charge in [0.1, 0.15) is 0 Å². The highest BCUT2D eigenvalue weighted by molar-refractivity contribution is 7.93. The second kappa shape index (κ2) is 10.6. The van der Waals surface area contributed by atoms with Crippen molar-refractivity contribution < 1.29 is 8.42 Å². The quantitative estimate of drug-likeness (QED) is 0.404. The van der Waals surface area contributed by atoms with E-state index in [0.717, 1.165) is 43.5 Å². The minimum absolute atomic E-state index is 0.157. The van der Waals surface area contributed by atoms with Crippen molar-refractivity contribution >= 4 is 38.5 Å². The van der Waals surface area contributed by atoms with E-state index in [-0.39, 0.29) is 4.91 Å². The van der Waals surface area contributed by atoms with Gasteiger partial charge in [0.15, 0.2) is 0 Å². The van der Waals surface area contributed by atoms with Crippen LogP contribution in [-0.4, -0.2) is 46.9 Å². The van der Waals surface area contributed by atoms with Gasteiger partial charge in [-0.1, -0.05) is 36.4 Å². The molecule has 0 atom stereocenters. The maximum atomic E-state index is 12.9. The Labute approximate surface area is 217 Å². The highest BCUT2D eigenvalue weighted by atomic mass is 35.5. The maximum absolute atomic E-state index is 12.9. The molecule has 1 saturated heterocycles. The summed E-state index contributed by atoms with van der Waals surface area (Å²) in [7, 11) is -3.57. The molecule has 188 valence electrons. The Balaban J connectivity index is 1.24. The minimum atomic E-state index is -3.57. The van der Waals surface area contributed by atoms with Gasteiger partial charge in [0.25, 0.3) is 0 Å². The number of piperidine rings is 1. The summed E-state index contributed by atoms with van der Waals surface area (Å²) >= 11 is 5.54. The highest BCUT2D eigenvalue weighted by Gasteiger charge is 2.29. The van der Waals surface area contributed by atoms with E-state index >= 15 is 0 Å². The monoisotopic (exact) mass is 523 g/mol. The van der Waals surface area contributed by atoms with Crippen molar-refractivity contribution in [3.05, 3.63) is 77.5 Å². The number of hydrogen-bond acceptors (Lipinski definition) is 5. The third-order valence-corrected chi connectivity index (χ3v) is 9.14. The Hall–Kier alpha value is -2.94. The number of aryl methyl sites for hydroxylation is 2. The number of para-hydroxylation sites is 1. The molecule has 4 heterocycles. The predicted octanol–water partition coefficient (Wildman–Crippen LogP) is 5.32. The fraction of sp³-hybridized carbons (Fsp3) is 0.333. The van der Waals surface area contributed by atoms with E-state index < -0.39 is 10.0 Å². The van der Waals surface area contributed by atoms with Crippen LogP contribution in [0.3, 0.4) is 0 Å². The normalized spacial score (nSPS) is 17.6. The van der Waals surface area contributed by atoms with E-state index in [4.69, 9.17) is 16.6 Å². The van der Waals surface area contributed by atoms with Crippen LogP contribution in [0.1, 0.15) is 24.8 Å². The Morgan fingerprint density at radius 3 is 2.83 bits per heavy atom. The zero-order valence-electron chi connectivity index (χ0n) is 20.1. The average Bonchev–Trinajstić information content (AvgIpc) is 3.29. The summed E-state index contributed by atoms with van der Waals surface area (Å²) in [5.41, 5.74) is 6.04. The second-order valence-corrected chi connectivity index (χ2v) is 11.4. The molecular weight excluding hydrogens is 494 g/mol. The summed E-state index contributed by atoms with van der Waals surface area (Å²) in [6.07, 6.45) is 12.1. The molecule has 7 nitrogen and oxygen atoms in total. The van der Waals surface area contributed by atoms with Gasteiger partial charge in [-0.25, -0.2) is 18.4 Å². The second-order valence-electron chi connectivity index (χ2n) is 9.24. The molecule has 3 aromatic rings. The number of rotatable bonds is 8. The highest BCUT2D eigenvalue weighted by Crippen LogP contribution is 2.34. The first-order valence-electron chi connectivity index (χ1n) is 12.3. The van der Waals surface area contributed by atoms with Crippen molar-refractivity contribution in [3.63, 3.8) is 0 Å². The van der Waals surface area contributed by atoms with Crippen LogP contribution in [0.15, 0.2) is 71.9 Å². The van der Waals surface area contributed by atoms with Gasteiger partial charge in [0.2, 0.25) is 16.0 Å². The fourth-order valence-electron chi connectivity index (χ4n) is 5.18. The lowest BCUT2D eigenvalue weighted by Gasteiger charge is -2.31. The largest absolute Gasteiger partial charge is 0.354 e. The predicted molar refractivity (Wildman–Crippen MR) is 146 cm³/mol. The molecule has 0 radical (unpaired) electrons. The molecule has 0 amide bonds. The molecule has 1 N–H and O–H groups in total. The van der Waals surface area contributed by atoms with Crippen molar-refractivity contribution in [3.8, 4) is 11.3 Å². The molecule has 0 aliphatic carbocycles. The van der Waals surface area contributed by atoms with E-state index in [9.17, 15) is 8.42 Å². The van der Waals surface area contributed by atoms with E-state index in [1.165, 1.54) is 44.5 Å². The molecular formula is C27H30ClN5O2S. The summed E-state index contributed by atoms with van der Waals surface area (Å²) in [5.74, 6) is 0.931. The number of nitrogens with one attached hydrogen (secondary N) is 1. The number of sulfonamides is 1. The van der Waals surface area contributed by atoms with Gasteiger partial charge in [-0.2, -0.15) is 4.31 Å². The van der Waals surface area contributed by atoms with E-state index in [0.29, 0.717) is 31.5 Å². The zero-order chi connectivity index (χ0) is 25.1. The molecule has 2 aliphatic heterocycles. The minimum Gasteiger partial charge on any atom is -0.354 e. The van der Waals surface area contributed by atoms with Crippen LogP contribution in [-0.2, 0) is 23.0 Å². The number of benzene rings is 1. The van der Waals surface area contributed by atoms with Crippen molar-refractivity contribution in [2.45, 2.75) is 32.2 Å². The van der Waals surface area contributed by atoms with Gasteiger partial charge < -0.3 is 9.88 Å². The molecule has 9 heteroatoms. The van der Waals surface area contributed by atoms with Crippen LogP contribution < -0.4 is 5.32 Å². The lowest BCUT2D eigenvalue weighted by Crippen LogP contribution is -2.40. The number of anilines is 1. The number of aromatic nitrogens is 3. The first-order valence-corrected chi connectivity index (χ1v) is 14.2. The van der Waals surface area contributed by atoms with Crippen molar-refractivity contribution in [2.24, 2.45) is 5.92 Å². The van der Waals surface area contributed by atoms with Crippen LogP contribution in [0.4, 0.5) is 5.95 Å². The van der Waals surface area contributed by atoms with Crippen LogP contribution in [0.5, 0.6) is 0 Å². The molecule has 1 aromatic carbocycles. The van der Waals surface area contributed by atoms with Gasteiger partial charge in [-0.3, -0.25) is 0 Å². The van der Waals surface area contributed by atoms with E-state index in [2.05, 4.69) is 45.8 Å². The van der Waals surface area contributed by atoms with Crippen molar-refractivity contribution in [2.75, 3.05) is 25.0 Å². The van der Waals surface area contributed by atoms with Gasteiger partial charge in [-0.15, -0.1) is 0 Å². The van der Waals surface area contributed by atoms with Gasteiger partial charge in [0.05, 0.1) is 16.1 Å². The molecule has 0 spiro atoms. The summed E-state index contributed by atoms with van der Waals surface area (Å²) in [6.45, 7) is 6.30. The molecule has 0 saturated carbocycles. The Kier molecular flexibility index (Phi) is 7.27. The Bertz CT molecular complexity index is 1440. The molecule has 0 unspecified atom stereocenters. The van der Waals surface area contributed by atoms with Crippen LogP contribution in [0.2, 0.25) is 0 Å². The molecule has 2 aromatic heterocycles. The number of hydrogen-bond donors (Lipinski definition) is 1. The summed E-state index contributed by atoms with van der Waals surface area (Å²) < 4.78 is 29.7. The zero-order valence-corrected chi connectivity index (χ0v) is 21.7. The maximum Gasteiger partial charge on any atom is 0.243 e. The third-order valence-electron chi connectivity index (χ3n) is 7.05. The Morgan fingerprint density at radius 1 is 1.22 bits per heavy atom. The van der Waals surface area contributed by atoms with Gasteiger partial charge in [-0.05, 0) is 61.5 Å². The summed E-state index contributed by atoms with van der Waals surface area (Å²) in [5, 5.41) is 4.62. The van der Waals surface area contributed by atoms with Gasteiger partial charge in [0, 0.05) is 55.1 Å². The number of allylic oxidation sites excluding steroid dienone is 3. The first-order chi connectivity index (χ1) is 17.5. The molecule has 36 heavy (non-hydrogen) atoms. The standard InChI is InChI=1S/C27H30ClN5O2S/c1-2-22(8-4-13-28)36(34,35)33-16-11-20(12-17-33)18-30-27-29-14-10-25(31-27)24-19-32-15-5-7-21-6-3-9-23(24)26(21)32/h2-4,6,8-10,13-14,19-20H,1,5,7,11-12,15-18H2,(H,29,30,31)/b13-4+,22-8+. The van der Waals surface area contributed by atoms with Crippen LogP contribution >= 0.6 is 11.6 Å². The Morgan fingerprint density at radius 2 is 2.06 bits per heavy atom. The van der Waals surface area contributed by atoms with Gasteiger partial charge >= 0.3 is 0 Å². The first kappa shape index (κ1) is 24.7. The van der Waals surface area contributed by atoms with Crippen LogP contribution in [0, 0.1) is 5.92 Å². The number of halogens is 1. The third kappa shape index (κ3) is 4.85. The van der Waals surface area contributed by atoms with E-state index in [1.807, 2.05) is 6.07 Å². The fourth-order valence-corrected chi connectivity index (χ4v) is 6.71. The molecule has 0 bridgehead atoms. The van der Waals surface area contributed by atoms with Crippen LogP contribution in [0.25, 0.3) is 22.2 Å². The number of nitrogens with zero attached hydrogens (tertiary/aromatic N) is 4. The smallest absolute Gasteiger partial charge is 0.243 e. The van der Waals surface area contributed by atoms with Crippen molar-refractivity contribution in [1.82, 2.24) is 18.8 Å².